The van der Waals surface area contributed by atoms with E-state index in [4.69, 9.17) is 4.74 Å². The van der Waals surface area contributed by atoms with Crippen LogP contribution in [-0.4, -0.2) is 50.3 Å². The first-order valence-corrected chi connectivity index (χ1v) is 6.51. The molecule has 0 radical (unpaired) electrons. The SMILES string of the molecule is CC(CN(C)C)NC1CCOC(C(C)C)C1. The second-order valence-electron chi connectivity index (χ2n) is 5.70. The van der Waals surface area contributed by atoms with E-state index in [1.165, 1.54) is 0 Å². The van der Waals surface area contributed by atoms with E-state index in [9.17, 15) is 0 Å². The molecule has 0 aromatic rings. The van der Waals surface area contributed by atoms with Gasteiger partial charge in [0, 0.05) is 25.2 Å². The van der Waals surface area contributed by atoms with E-state index in [0.717, 1.165) is 26.0 Å². The second-order valence-corrected chi connectivity index (χ2v) is 5.70. The fourth-order valence-corrected chi connectivity index (χ4v) is 2.45. The van der Waals surface area contributed by atoms with Crippen molar-refractivity contribution in [3.63, 3.8) is 0 Å². The van der Waals surface area contributed by atoms with Gasteiger partial charge in [-0.1, -0.05) is 13.8 Å². The van der Waals surface area contributed by atoms with Crippen LogP contribution in [0.4, 0.5) is 0 Å². The van der Waals surface area contributed by atoms with Crippen LogP contribution in [0.1, 0.15) is 33.6 Å². The first-order valence-electron chi connectivity index (χ1n) is 6.51. The molecule has 0 aromatic carbocycles. The summed E-state index contributed by atoms with van der Waals surface area (Å²) in [5, 5.41) is 3.71. The Morgan fingerprint density at radius 3 is 2.56 bits per heavy atom. The van der Waals surface area contributed by atoms with Gasteiger partial charge in [0.2, 0.25) is 0 Å². The van der Waals surface area contributed by atoms with Gasteiger partial charge in [-0.25, -0.2) is 0 Å². The minimum absolute atomic E-state index is 0.442. The number of likely N-dealkylation sites (N-methyl/N-ethyl adjacent to an activating group) is 1. The number of hydrogen-bond acceptors (Lipinski definition) is 3. The Bertz CT molecular complexity index is 194. The van der Waals surface area contributed by atoms with Crippen molar-refractivity contribution in [2.75, 3.05) is 27.2 Å². The maximum atomic E-state index is 5.78. The summed E-state index contributed by atoms with van der Waals surface area (Å²) in [4.78, 5) is 2.23. The molecule has 3 atom stereocenters. The van der Waals surface area contributed by atoms with Gasteiger partial charge in [0.1, 0.15) is 0 Å². The molecule has 1 heterocycles. The lowest BCUT2D eigenvalue weighted by molar-refractivity contribution is -0.0259. The Kier molecular flexibility index (Phi) is 5.73. The van der Waals surface area contributed by atoms with Gasteiger partial charge in [-0.15, -0.1) is 0 Å². The molecule has 0 amide bonds. The van der Waals surface area contributed by atoms with Crippen LogP contribution in [0.5, 0.6) is 0 Å². The van der Waals surface area contributed by atoms with Crippen LogP contribution in [0.3, 0.4) is 0 Å². The van der Waals surface area contributed by atoms with Gasteiger partial charge >= 0.3 is 0 Å². The summed E-state index contributed by atoms with van der Waals surface area (Å²) < 4.78 is 5.78. The molecular formula is C13H28N2O. The molecule has 1 rings (SSSR count). The standard InChI is InChI=1S/C13H28N2O/c1-10(2)13-8-12(6-7-16-13)14-11(3)9-15(4)5/h10-14H,6-9H2,1-5H3. The van der Waals surface area contributed by atoms with Crippen LogP contribution < -0.4 is 5.32 Å². The van der Waals surface area contributed by atoms with E-state index in [1.54, 1.807) is 0 Å². The molecule has 1 N–H and O–H groups in total. The average molecular weight is 228 g/mol. The summed E-state index contributed by atoms with van der Waals surface area (Å²) in [5.41, 5.74) is 0. The van der Waals surface area contributed by atoms with Gasteiger partial charge in [0.15, 0.2) is 0 Å². The van der Waals surface area contributed by atoms with Crippen LogP contribution in [0, 0.1) is 5.92 Å². The van der Waals surface area contributed by atoms with Crippen molar-refractivity contribution < 1.29 is 4.74 Å². The molecular weight excluding hydrogens is 200 g/mol. The Morgan fingerprint density at radius 1 is 1.31 bits per heavy atom. The zero-order valence-electron chi connectivity index (χ0n) is 11.5. The quantitative estimate of drug-likeness (QED) is 0.775. The Morgan fingerprint density at radius 2 is 2.00 bits per heavy atom. The van der Waals surface area contributed by atoms with Crippen molar-refractivity contribution >= 4 is 0 Å². The van der Waals surface area contributed by atoms with E-state index in [-0.39, 0.29) is 0 Å². The molecule has 16 heavy (non-hydrogen) atoms. The van der Waals surface area contributed by atoms with Crippen LogP contribution >= 0.6 is 0 Å². The fourth-order valence-electron chi connectivity index (χ4n) is 2.45. The molecule has 0 bridgehead atoms. The van der Waals surface area contributed by atoms with E-state index in [1.807, 2.05) is 0 Å². The number of nitrogens with one attached hydrogen (secondary N) is 1. The molecule has 3 heteroatoms. The van der Waals surface area contributed by atoms with Gasteiger partial charge in [-0.05, 0) is 39.8 Å². The lowest BCUT2D eigenvalue weighted by atomic mass is 9.95. The van der Waals surface area contributed by atoms with Gasteiger partial charge in [-0.2, -0.15) is 0 Å². The number of rotatable bonds is 5. The average Bonchev–Trinajstić information content (AvgIpc) is 2.16. The van der Waals surface area contributed by atoms with E-state index in [2.05, 4.69) is 45.1 Å². The van der Waals surface area contributed by atoms with Crippen molar-refractivity contribution in [3.05, 3.63) is 0 Å². The zero-order chi connectivity index (χ0) is 12.1. The highest BCUT2D eigenvalue weighted by atomic mass is 16.5. The van der Waals surface area contributed by atoms with Crippen LogP contribution in [0.15, 0.2) is 0 Å². The van der Waals surface area contributed by atoms with Gasteiger partial charge < -0.3 is 15.0 Å². The predicted molar refractivity (Wildman–Crippen MR) is 68.8 cm³/mol. The molecule has 0 spiro atoms. The van der Waals surface area contributed by atoms with Crippen molar-refractivity contribution in [2.24, 2.45) is 5.92 Å². The van der Waals surface area contributed by atoms with E-state index < -0.39 is 0 Å². The number of ether oxygens (including phenoxy) is 1. The Hall–Kier alpha value is -0.120. The molecule has 0 aromatic heterocycles. The van der Waals surface area contributed by atoms with Crippen molar-refractivity contribution in [1.82, 2.24) is 10.2 Å². The van der Waals surface area contributed by atoms with Crippen LogP contribution in [0.25, 0.3) is 0 Å². The smallest absolute Gasteiger partial charge is 0.0612 e. The lowest BCUT2D eigenvalue weighted by Gasteiger charge is -2.34. The van der Waals surface area contributed by atoms with Gasteiger partial charge in [-0.3, -0.25) is 0 Å². The van der Waals surface area contributed by atoms with Crippen LogP contribution in [-0.2, 0) is 4.74 Å². The third kappa shape index (κ3) is 4.81. The molecule has 1 aliphatic heterocycles. The summed E-state index contributed by atoms with van der Waals surface area (Å²) in [6, 6.07) is 1.20. The largest absolute Gasteiger partial charge is 0.378 e. The lowest BCUT2D eigenvalue weighted by Crippen LogP contribution is -2.47. The summed E-state index contributed by atoms with van der Waals surface area (Å²) in [5.74, 6) is 0.633. The maximum Gasteiger partial charge on any atom is 0.0612 e. The predicted octanol–water partition coefficient (Wildman–Crippen LogP) is 1.73. The monoisotopic (exact) mass is 228 g/mol. The number of nitrogens with zero attached hydrogens (tertiary/aromatic N) is 1. The minimum atomic E-state index is 0.442. The Labute approximate surface area is 101 Å². The summed E-state index contributed by atoms with van der Waals surface area (Å²) >= 11 is 0. The zero-order valence-corrected chi connectivity index (χ0v) is 11.5. The molecule has 96 valence electrons. The van der Waals surface area contributed by atoms with Crippen LogP contribution in [0.2, 0.25) is 0 Å². The first-order chi connectivity index (χ1) is 7.49. The van der Waals surface area contributed by atoms with E-state index >= 15 is 0 Å². The Balaban J connectivity index is 2.31. The second kappa shape index (κ2) is 6.58. The fraction of sp³-hybridized carbons (Fsp3) is 1.00. The van der Waals surface area contributed by atoms with Gasteiger partial charge in [0.25, 0.3) is 0 Å². The highest BCUT2D eigenvalue weighted by Crippen LogP contribution is 2.20. The normalized spacial score (nSPS) is 28.7. The summed E-state index contributed by atoms with van der Waals surface area (Å²) in [6.07, 6.45) is 2.76. The molecule has 1 fully saturated rings. The third-order valence-corrected chi connectivity index (χ3v) is 3.22. The third-order valence-electron chi connectivity index (χ3n) is 3.22. The van der Waals surface area contributed by atoms with Crippen molar-refractivity contribution in [2.45, 2.75) is 51.8 Å². The number of hydrogen-bond donors (Lipinski definition) is 1. The summed E-state index contributed by atoms with van der Waals surface area (Å²) in [6.45, 7) is 8.77. The molecule has 3 nitrogen and oxygen atoms in total. The molecule has 0 aliphatic carbocycles. The summed E-state index contributed by atoms with van der Waals surface area (Å²) in [7, 11) is 4.25. The highest BCUT2D eigenvalue weighted by Gasteiger charge is 2.25. The van der Waals surface area contributed by atoms with Crippen molar-refractivity contribution in [3.8, 4) is 0 Å². The molecule has 1 aliphatic rings. The topological polar surface area (TPSA) is 24.5 Å². The van der Waals surface area contributed by atoms with Gasteiger partial charge in [0.05, 0.1) is 6.10 Å². The first kappa shape index (κ1) is 13.9. The minimum Gasteiger partial charge on any atom is -0.378 e. The van der Waals surface area contributed by atoms with E-state index in [0.29, 0.717) is 24.1 Å². The maximum absolute atomic E-state index is 5.78. The van der Waals surface area contributed by atoms with Crippen molar-refractivity contribution in [1.29, 1.82) is 0 Å². The molecule has 1 saturated heterocycles. The highest BCUT2D eigenvalue weighted by molar-refractivity contribution is 4.81. The molecule has 3 unspecified atom stereocenters. The molecule has 0 saturated carbocycles.